The summed E-state index contributed by atoms with van der Waals surface area (Å²) >= 11 is 0. The highest BCUT2D eigenvalue weighted by Gasteiger charge is 2.28. The zero-order valence-electron chi connectivity index (χ0n) is 20.0. The van der Waals surface area contributed by atoms with Crippen molar-refractivity contribution in [2.45, 2.75) is 39.2 Å². The van der Waals surface area contributed by atoms with E-state index >= 15 is 0 Å². The van der Waals surface area contributed by atoms with Gasteiger partial charge in [-0.25, -0.2) is 19.3 Å². The number of aromatic amines is 1. The highest BCUT2D eigenvalue weighted by Crippen LogP contribution is 2.36. The molecule has 4 aromatic rings. The van der Waals surface area contributed by atoms with Crippen LogP contribution < -0.4 is 15.5 Å². The molecule has 3 aromatic heterocycles. The van der Waals surface area contributed by atoms with Gasteiger partial charge in [-0.05, 0) is 50.1 Å². The van der Waals surface area contributed by atoms with E-state index in [-0.39, 0.29) is 17.3 Å². The standard InChI is InChI=1S/C26H30FN7/c1-16(2)19-13-29-23(17-5-7-18(27)8-6-17)33-24(19)32-20-9-10-28-25-22(20)21(14-30-25)34-12-11-31-26(3,4)15-34/h5-10,13-14,16,31H,11-12,15H2,1-4H3,(H2,28,29,30,32,33). The molecule has 1 aliphatic heterocycles. The summed E-state index contributed by atoms with van der Waals surface area (Å²) in [5.41, 5.74) is 4.69. The van der Waals surface area contributed by atoms with Crippen LogP contribution in [-0.2, 0) is 0 Å². The molecule has 7 nitrogen and oxygen atoms in total. The van der Waals surface area contributed by atoms with E-state index < -0.39 is 0 Å². The molecule has 0 unspecified atom stereocenters. The first-order valence-corrected chi connectivity index (χ1v) is 11.7. The first-order valence-electron chi connectivity index (χ1n) is 11.7. The summed E-state index contributed by atoms with van der Waals surface area (Å²) < 4.78 is 13.4. The number of piperazine rings is 1. The summed E-state index contributed by atoms with van der Waals surface area (Å²) in [6.07, 6.45) is 5.69. The minimum absolute atomic E-state index is 0.0270. The average Bonchev–Trinajstić information content (AvgIpc) is 3.24. The van der Waals surface area contributed by atoms with Gasteiger partial charge in [-0.2, -0.15) is 0 Å². The number of aromatic nitrogens is 4. The number of benzene rings is 1. The van der Waals surface area contributed by atoms with Crippen LogP contribution in [-0.4, -0.2) is 45.1 Å². The molecule has 1 saturated heterocycles. The summed E-state index contributed by atoms with van der Waals surface area (Å²) in [5, 5.41) is 8.19. The lowest BCUT2D eigenvalue weighted by molar-refractivity contribution is 0.353. The lowest BCUT2D eigenvalue weighted by Crippen LogP contribution is -2.57. The quantitative estimate of drug-likeness (QED) is 0.380. The van der Waals surface area contributed by atoms with Gasteiger partial charge in [0.05, 0.1) is 16.8 Å². The van der Waals surface area contributed by atoms with Crippen molar-refractivity contribution < 1.29 is 4.39 Å². The van der Waals surface area contributed by atoms with Gasteiger partial charge < -0.3 is 20.5 Å². The number of halogens is 1. The molecule has 0 saturated carbocycles. The maximum atomic E-state index is 13.4. The van der Waals surface area contributed by atoms with Gasteiger partial charge >= 0.3 is 0 Å². The minimum atomic E-state index is -0.281. The van der Waals surface area contributed by atoms with Crippen LogP contribution in [0.15, 0.2) is 48.9 Å². The van der Waals surface area contributed by atoms with Crippen molar-refractivity contribution in [3.63, 3.8) is 0 Å². The van der Waals surface area contributed by atoms with Crippen LogP contribution in [0.1, 0.15) is 39.2 Å². The van der Waals surface area contributed by atoms with E-state index in [1.165, 1.54) is 12.1 Å². The van der Waals surface area contributed by atoms with Gasteiger partial charge in [0.2, 0.25) is 0 Å². The van der Waals surface area contributed by atoms with E-state index in [0.717, 1.165) is 59.0 Å². The van der Waals surface area contributed by atoms with Crippen LogP contribution in [0, 0.1) is 5.82 Å². The molecule has 0 radical (unpaired) electrons. The number of hydrogen-bond acceptors (Lipinski definition) is 6. The second-order valence-electron chi connectivity index (χ2n) is 9.77. The highest BCUT2D eigenvalue weighted by molar-refractivity contribution is 6.01. The monoisotopic (exact) mass is 459 g/mol. The molecule has 8 heteroatoms. The molecule has 0 aliphatic carbocycles. The molecule has 1 aromatic carbocycles. The Bertz CT molecular complexity index is 1310. The van der Waals surface area contributed by atoms with Crippen LogP contribution in [0.5, 0.6) is 0 Å². The molecule has 3 N–H and O–H groups in total. The van der Waals surface area contributed by atoms with E-state index in [2.05, 4.69) is 58.2 Å². The molecule has 176 valence electrons. The molecule has 0 bridgehead atoms. The Morgan fingerprint density at radius 2 is 1.91 bits per heavy atom. The third-order valence-electron chi connectivity index (χ3n) is 6.26. The summed E-state index contributed by atoms with van der Waals surface area (Å²) in [5.74, 6) is 1.23. The Morgan fingerprint density at radius 1 is 1.12 bits per heavy atom. The van der Waals surface area contributed by atoms with Crippen molar-refractivity contribution in [3.8, 4) is 11.4 Å². The molecule has 34 heavy (non-hydrogen) atoms. The van der Waals surface area contributed by atoms with E-state index in [0.29, 0.717) is 5.82 Å². The van der Waals surface area contributed by atoms with Gasteiger partial charge in [0.1, 0.15) is 17.3 Å². The minimum Gasteiger partial charge on any atom is -0.367 e. The summed E-state index contributed by atoms with van der Waals surface area (Å²) in [6.45, 7) is 11.4. The van der Waals surface area contributed by atoms with Crippen LogP contribution >= 0.6 is 0 Å². The third-order valence-corrected chi connectivity index (χ3v) is 6.26. The molecule has 0 atom stereocenters. The Hall–Kier alpha value is -3.52. The molecule has 0 spiro atoms. The highest BCUT2D eigenvalue weighted by atomic mass is 19.1. The fraction of sp³-hybridized carbons (Fsp3) is 0.346. The fourth-order valence-corrected chi connectivity index (χ4v) is 4.52. The topological polar surface area (TPSA) is 81.8 Å². The van der Waals surface area contributed by atoms with Gasteiger partial charge in [0.25, 0.3) is 0 Å². The van der Waals surface area contributed by atoms with Crippen molar-refractivity contribution >= 4 is 28.2 Å². The van der Waals surface area contributed by atoms with E-state index in [1.54, 1.807) is 18.3 Å². The van der Waals surface area contributed by atoms with Crippen molar-refractivity contribution in [2.75, 3.05) is 29.9 Å². The lowest BCUT2D eigenvalue weighted by atomic mass is 10.0. The number of hydrogen-bond donors (Lipinski definition) is 3. The maximum absolute atomic E-state index is 13.4. The Labute approximate surface area is 198 Å². The number of fused-ring (bicyclic) bond motifs is 1. The van der Waals surface area contributed by atoms with Crippen molar-refractivity contribution in [1.82, 2.24) is 25.3 Å². The summed E-state index contributed by atoms with van der Waals surface area (Å²) in [6, 6.07) is 8.23. The second kappa shape index (κ2) is 8.68. The van der Waals surface area contributed by atoms with E-state index in [9.17, 15) is 4.39 Å². The van der Waals surface area contributed by atoms with Crippen molar-refractivity contribution in [2.24, 2.45) is 0 Å². The van der Waals surface area contributed by atoms with Crippen LogP contribution in [0.3, 0.4) is 0 Å². The summed E-state index contributed by atoms with van der Waals surface area (Å²) in [4.78, 5) is 19.7. The number of H-pyrrole nitrogens is 1. The molecule has 1 aliphatic rings. The lowest BCUT2D eigenvalue weighted by Gasteiger charge is -2.40. The zero-order valence-corrected chi connectivity index (χ0v) is 20.0. The molecule has 5 rings (SSSR count). The molecular weight excluding hydrogens is 429 g/mol. The van der Waals surface area contributed by atoms with Crippen LogP contribution in [0.2, 0.25) is 0 Å². The molecule has 1 fully saturated rings. The zero-order chi connectivity index (χ0) is 23.9. The Balaban J connectivity index is 1.57. The Kier molecular flexibility index (Phi) is 5.69. The number of anilines is 3. The van der Waals surface area contributed by atoms with Gasteiger partial charge in [-0.15, -0.1) is 0 Å². The predicted octanol–water partition coefficient (Wildman–Crippen LogP) is 5.21. The normalized spacial score (nSPS) is 15.8. The molecular formula is C26H30FN7. The average molecular weight is 460 g/mol. The van der Waals surface area contributed by atoms with Crippen molar-refractivity contribution in [1.29, 1.82) is 0 Å². The number of nitrogens with zero attached hydrogens (tertiary/aromatic N) is 4. The van der Waals surface area contributed by atoms with E-state index in [4.69, 9.17) is 4.98 Å². The van der Waals surface area contributed by atoms with Gasteiger partial charge in [-0.1, -0.05) is 13.8 Å². The van der Waals surface area contributed by atoms with E-state index in [1.807, 2.05) is 18.5 Å². The largest absolute Gasteiger partial charge is 0.367 e. The number of rotatable bonds is 5. The number of nitrogens with one attached hydrogen (secondary N) is 3. The number of pyridine rings is 1. The third kappa shape index (κ3) is 4.33. The summed E-state index contributed by atoms with van der Waals surface area (Å²) in [7, 11) is 0. The SMILES string of the molecule is CC(C)c1cnc(-c2ccc(F)cc2)nc1Nc1ccnc2[nH]cc(N3CCNC(C)(C)C3)c12. The Morgan fingerprint density at radius 3 is 2.65 bits per heavy atom. The predicted molar refractivity (Wildman–Crippen MR) is 135 cm³/mol. The van der Waals surface area contributed by atoms with Crippen LogP contribution in [0.25, 0.3) is 22.4 Å². The first-order chi connectivity index (χ1) is 16.3. The maximum Gasteiger partial charge on any atom is 0.161 e. The van der Waals surface area contributed by atoms with Crippen molar-refractivity contribution in [3.05, 3.63) is 60.3 Å². The smallest absolute Gasteiger partial charge is 0.161 e. The van der Waals surface area contributed by atoms with Crippen LogP contribution in [0.4, 0.5) is 21.6 Å². The first kappa shape index (κ1) is 22.3. The second-order valence-corrected chi connectivity index (χ2v) is 9.77. The molecule has 0 amide bonds. The van der Waals surface area contributed by atoms with Gasteiger partial charge in [0, 0.05) is 54.9 Å². The van der Waals surface area contributed by atoms with Gasteiger partial charge in [-0.3, -0.25) is 0 Å². The fourth-order valence-electron chi connectivity index (χ4n) is 4.52. The molecule has 4 heterocycles. The van der Waals surface area contributed by atoms with Gasteiger partial charge in [0.15, 0.2) is 5.82 Å².